The maximum atomic E-state index is 12.9. The van der Waals surface area contributed by atoms with E-state index >= 15 is 0 Å². The number of carbonyl (C=O) groups is 2. The number of amides is 2. The van der Waals surface area contributed by atoms with Gasteiger partial charge >= 0.3 is 0 Å². The van der Waals surface area contributed by atoms with Gasteiger partial charge in [0.1, 0.15) is 0 Å². The predicted molar refractivity (Wildman–Crippen MR) is 105 cm³/mol. The summed E-state index contributed by atoms with van der Waals surface area (Å²) in [5, 5.41) is 2.93. The maximum absolute atomic E-state index is 12.9. The van der Waals surface area contributed by atoms with Crippen molar-refractivity contribution in [2.24, 2.45) is 0 Å². The normalized spacial score (nSPS) is 18.0. The van der Waals surface area contributed by atoms with E-state index in [4.69, 9.17) is 0 Å². The van der Waals surface area contributed by atoms with Gasteiger partial charge in [-0.3, -0.25) is 14.5 Å². The second kappa shape index (κ2) is 9.72. The lowest BCUT2D eigenvalue weighted by molar-refractivity contribution is -0.140. The summed E-state index contributed by atoms with van der Waals surface area (Å²) in [4.78, 5) is 29.5. The second-order valence-electron chi connectivity index (χ2n) is 7.44. The number of carbonyl (C=O) groups excluding carboxylic acids is 2. The highest BCUT2D eigenvalue weighted by Crippen LogP contribution is 2.18. The first kappa shape index (κ1) is 20.4. The lowest BCUT2D eigenvalue weighted by atomic mass is 10.0. The van der Waals surface area contributed by atoms with Crippen LogP contribution in [0.25, 0.3) is 0 Å². The van der Waals surface area contributed by atoms with E-state index in [1.807, 2.05) is 30.9 Å². The van der Waals surface area contributed by atoms with Crippen molar-refractivity contribution in [1.29, 1.82) is 0 Å². The molecule has 0 spiro atoms. The van der Waals surface area contributed by atoms with E-state index in [1.165, 1.54) is 11.1 Å². The van der Waals surface area contributed by atoms with Crippen molar-refractivity contribution in [3.05, 3.63) is 35.4 Å². The SMILES string of the molecule is CCCCN(C(=O)C[C@H]1C(=O)NCCN1Cc1ccccc1C)C(C)C. The quantitative estimate of drug-likeness (QED) is 0.776. The number of aryl methyl sites for hydroxylation is 1. The summed E-state index contributed by atoms with van der Waals surface area (Å²) in [6, 6.07) is 8.01. The molecule has 1 aliphatic heterocycles. The third-order valence-electron chi connectivity index (χ3n) is 5.14. The molecule has 0 unspecified atom stereocenters. The standard InChI is InChI=1S/C21H33N3O2/c1-5-6-12-24(16(2)3)20(25)14-19-21(26)22-11-13-23(19)15-18-10-8-7-9-17(18)4/h7-10,16,19H,5-6,11-15H2,1-4H3,(H,22,26)/t19-/m0/s1. The molecule has 5 heteroatoms. The van der Waals surface area contributed by atoms with Crippen molar-refractivity contribution in [2.45, 2.75) is 65.6 Å². The number of piperazine rings is 1. The van der Waals surface area contributed by atoms with E-state index in [0.29, 0.717) is 13.1 Å². The molecule has 0 saturated carbocycles. The van der Waals surface area contributed by atoms with E-state index in [0.717, 1.165) is 25.9 Å². The Balaban J connectivity index is 2.10. The Morgan fingerprint density at radius 2 is 2.08 bits per heavy atom. The first-order chi connectivity index (χ1) is 12.4. The summed E-state index contributed by atoms with van der Waals surface area (Å²) in [5.74, 6) is 0.0441. The molecule has 1 fully saturated rings. The van der Waals surface area contributed by atoms with Gasteiger partial charge in [-0.05, 0) is 38.3 Å². The molecule has 1 heterocycles. The molecule has 1 atom stereocenters. The van der Waals surface area contributed by atoms with E-state index in [2.05, 4.69) is 36.2 Å². The molecule has 1 N–H and O–H groups in total. The highest BCUT2D eigenvalue weighted by Gasteiger charge is 2.33. The van der Waals surface area contributed by atoms with E-state index in [1.54, 1.807) is 0 Å². The van der Waals surface area contributed by atoms with Crippen LogP contribution in [0.5, 0.6) is 0 Å². The average molecular weight is 360 g/mol. The van der Waals surface area contributed by atoms with Crippen molar-refractivity contribution in [3.8, 4) is 0 Å². The maximum Gasteiger partial charge on any atom is 0.237 e. The first-order valence-corrected chi connectivity index (χ1v) is 9.79. The van der Waals surface area contributed by atoms with Gasteiger partial charge in [-0.2, -0.15) is 0 Å². The van der Waals surface area contributed by atoms with Gasteiger partial charge in [-0.25, -0.2) is 0 Å². The number of unbranched alkanes of at least 4 members (excludes halogenated alkanes) is 1. The summed E-state index contributed by atoms with van der Waals surface area (Å²) in [6.07, 6.45) is 2.30. The molecule has 1 aromatic rings. The van der Waals surface area contributed by atoms with Crippen LogP contribution in [-0.4, -0.2) is 53.3 Å². The molecule has 2 amide bonds. The predicted octanol–water partition coefficient (Wildman–Crippen LogP) is 2.72. The van der Waals surface area contributed by atoms with Crippen LogP contribution in [0.2, 0.25) is 0 Å². The first-order valence-electron chi connectivity index (χ1n) is 9.79. The van der Waals surface area contributed by atoms with Crippen molar-refractivity contribution in [1.82, 2.24) is 15.1 Å². The van der Waals surface area contributed by atoms with Crippen LogP contribution in [0.1, 0.15) is 51.2 Å². The molecule has 2 rings (SSSR count). The molecule has 144 valence electrons. The topological polar surface area (TPSA) is 52.7 Å². The number of rotatable bonds is 8. The highest BCUT2D eigenvalue weighted by molar-refractivity contribution is 5.89. The van der Waals surface area contributed by atoms with Crippen LogP contribution in [0.15, 0.2) is 24.3 Å². The lowest BCUT2D eigenvalue weighted by Crippen LogP contribution is -2.56. The van der Waals surface area contributed by atoms with Gasteiger partial charge in [0.05, 0.1) is 12.5 Å². The Morgan fingerprint density at radius 3 is 2.73 bits per heavy atom. The summed E-state index contributed by atoms with van der Waals surface area (Å²) >= 11 is 0. The average Bonchev–Trinajstić information content (AvgIpc) is 2.60. The third-order valence-corrected chi connectivity index (χ3v) is 5.14. The van der Waals surface area contributed by atoms with E-state index in [-0.39, 0.29) is 24.3 Å². The number of hydrogen-bond acceptors (Lipinski definition) is 3. The molecule has 0 aromatic heterocycles. The van der Waals surface area contributed by atoms with Crippen LogP contribution < -0.4 is 5.32 Å². The Morgan fingerprint density at radius 1 is 1.35 bits per heavy atom. The van der Waals surface area contributed by atoms with Gasteiger partial charge in [0.2, 0.25) is 11.8 Å². The zero-order valence-electron chi connectivity index (χ0n) is 16.6. The minimum atomic E-state index is -0.390. The highest BCUT2D eigenvalue weighted by atomic mass is 16.2. The Labute approximate surface area is 157 Å². The van der Waals surface area contributed by atoms with Gasteiger partial charge in [0, 0.05) is 32.2 Å². The molecule has 0 radical (unpaired) electrons. The molecular formula is C21H33N3O2. The lowest BCUT2D eigenvalue weighted by Gasteiger charge is -2.36. The monoisotopic (exact) mass is 359 g/mol. The fourth-order valence-electron chi connectivity index (χ4n) is 3.46. The fraction of sp³-hybridized carbons (Fsp3) is 0.619. The Kier molecular flexibility index (Phi) is 7.64. The molecule has 26 heavy (non-hydrogen) atoms. The van der Waals surface area contributed by atoms with Gasteiger partial charge in [-0.15, -0.1) is 0 Å². The van der Waals surface area contributed by atoms with Crippen LogP contribution in [0.4, 0.5) is 0 Å². The van der Waals surface area contributed by atoms with E-state index < -0.39 is 6.04 Å². The van der Waals surface area contributed by atoms with Crippen LogP contribution in [0.3, 0.4) is 0 Å². The Bertz CT molecular complexity index is 615. The second-order valence-corrected chi connectivity index (χ2v) is 7.44. The zero-order valence-corrected chi connectivity index (χ0v) is 16.6. The Hall–Kier alpha value is -1.88. The number of nitrogens with zero attached hydrogens (tertiary/aromatic N) is 2. The van der Waals surface area contributed by atoms with Gasteiger partial charge in [-0.1, -0.05) is 37.6 Å². The van der Waals surface area contributed by atoms with E-state index in [9.17, 15) is 9.59 Å². The largest absolute Gasteiger partial charge is 0.353 e. The summed E-state index contributed by atoms with van der Waals surface area (Å²) < 4.78 is 0. The van der Waals surface area contributed by atoms with Crippen LogP contribution in [-0.2, 0) is 16.1 Å². The number of hydrogen-bond donors (Lipinski definition) is 1. The van der Waals surface area contributed by atoms with Crippen LogP contribution >= 0.6 is 0 Å². The molecule has 0 aliphatic carbocycles. The zero-order chi connectivity index (χ0) is 19.1. The molecule has 1 saturated heterocycles. The number of benzene rings is 1. The van der Waals surface area contributed by atoms with Crippen LogP contribution in [0, 0.1) is 6.92 Å². The van der Waals surface area contributed by atoms with Crippen molar-refractivity contribution < 1.29 is 9.59 Å². The molecule has 1 aromatic carbocycles. The summed E-state index contributed by atoms with van der Waals surface area (Å²) in [5.41, 5.74) is 2.43. The van der Waals surface area contributed by atoms with Gasteiger partial charge in [0.15, 0.2) is 0 Å². The number of nitrogens with one attached hydrogen (secondary N) is 1. The minimum absolute atomic E-state index is 0.0302. The van der Waals surface area contributed by atoms with Gasteiger partial charge < -0.3 is 10.2 Å². The molecule has 0 bridgehead atoms. The van der Waals surface area contributed by atoms with Crippen molar-refractivity contribution in [3.63, 3.8) is 0 Å². The summed E-state index contributed by atoms with van der Waals surface area (Å²) in [7, 11) is 0. The van der Waals surface area contributed by atoms with Crippen molar-refractivity contribution in [2.75, 3.05) is 19.6 Å². The molecular weight excluding hydrogens is 326 g/mol. The van der Waals surface area contributed by atoms with Gasteiger partial charge in [0.25, 0.3) is 0 Å². The summed E-state index contributed by atoms with van der Waals surface area (Å²) in [6.45, 7) is 11.2. The third kappa shape index (κ3) is 5.31. The smallest absolute Gasteiger partial charge is 0.237 e. The molecule has 5 nitrogen and oxygen atoms in total. The van der Waals surface area contributed by atoms with Crippen molar-refractivity contribution >= 4 is 11.8 Å². The molecule has 1 aliphatic rings. The minimum Gasteiger partial charge on any atom is -0.353 e. The fourth-order valence-corrected chi connectivity index (χ4v) is 3.46.